The number of rotatable bonds is 7. The van der Waals surface area contributed by atoms with E-state index in [1.807, 2.05) is 0 Å². The second kappa shape index (κ2) is 11.2. The lowest BCUT2D eigenvalue weighted by Crippen LogP contribution is -3.00. The van der Waals surface area contributed by atoms with Crippen LogP contribution in [0.4, 0.5) is 0 Å². The molecule has 0 aliphatic carbocycles. The van der Waals surface area contributed by atoms with Crippen LogP contribution in [0.3, 0.4) is 0 Å². The smallest absolute Gasteiger partial charge is 0.123 e. The molecule has 3 heteroatoms. The van der Waals surface area contributed by atoms with Crippen LogP contribution in [0.2, 0.25) is 0 Å². The van der Waals surface area contributed by atoms with E-state index < -0.39 is 7.26 Å². The molecule has 0 aliphatic rings. The van der Waals surface area contributed by atoms with Gasteiger partial charge in [-0.3, -0.25) is 0 Å². The van der Waals surface area contributed by atoms with Gasteiger partial charge in [-0.25, -0.2) is 0 Å². The highest BCUT2D eigenvalue weighted by molar-refractivity contribution is 7.95. The molecule has 4 aromatic rings. The molecule has 0 aliphatic heterocycles. The van der Waals surface area contributed by atoms with Crippen LogP contribution in [0, 0.1) is 20.8 Å². The van der Waals surface area contributed by atoms with Gasteiger partial charge in [-0.1, -0.05) is 54.6 Å². The Kier molecular flexibility index (Phi) is 8.58. The van der Waals surface area contributed by atoms with Crippen molar-refractivity contribution in [2.24, 2.45) is 0 Å². The van der Waals surface area contributed by atoms with Crippen molar-refractivity contribution in [3.8, 4) is 5.75 Å². The summed E-state index contributed by atoms with van der Waals surface area (Å²) in [4.78, 5) is 0. The number of aryl methyl sites for hydroxylation is 1. The minimum absolute atomic E-state index is 0. The Morgan fingerprint density at radius 1 is 0.647 bits per heavy atom. The van der Waals surface area contributed by atoms with Crippen molar-refractivity contribution in [3.63, 3.8) is 0 Å². The third-order valence-corrected chi connectivity index (χ3v) is 10.9. The van der Waals surface area contributed by atoms with Crippen LogP contribution in [0.5, 0.6) is 5.75 Å². The molecule has 0 amide bonds. The fourth-order valence-electron chi connectivity index (χ4n) is 4.72. The third-order valence-electron chi connectivity index (χ3n) is 6.56. The molecule has 0 N–H and O–H groups in total. The van der Waals surface area contributed by atoms with Crippen LogP contribution in [0.15, 0.2) is 97.1 Å². The minimum Gasteiger partial charge on any atom is -1.00 e. The molecule has 0 saturated carbocycles. The molecule has 4 aromatic carbocycles. The Bertz CT molecular complexity index is 1110. The predicted octanol–water partition coefficient (Wildman–Crippen LogP) is 3.90. The number of hydrogen-bond acceptors (Lipinski definition) is 1. The highest BCUT2D eigenvalue weighted by Crippen LogP contribution is 2.59. The zero-order valence-corrected chi connectivity index (χ0v) is 22.4. The Morgan fingerprint density at radius 2 is 1.06 bits per heavy atom. The molecule has 0 atom stereocenters. The predicted molar refractivity (Wildman–Crippen MR) is 145 cm³/mol. The molecule has 0 heterocycles. The summed E-state index contributed by atoms with van der Waals surface area (Å²) in [6, 6.07) is 35.6. The number of halogens is 1. The van der Waals surface area contributed by atoms with Crippen LogP contribution in [-0.2, 0) is 6.16 Å². The standard InChI is InChI=1S/C31H34OP.ClH/c1-23(2)32-31-21-24(3)30(25(4)26(31)5)22-33(27-15-9-6-10-16-27,28-17-11-7-12-18-28)29-19-13-8-14-20-29;/h6-21,23H,22H2,1-5H3;1H/q+1;/p-1. The minimum atomic E-state index is -1.93. The Morgan fingerprint density at radius 3 is 1.44 bits per heavy atom. The van der Waals surface area contributed by atoms with E-state index in [9.17, 15) is 0 Å². The molecule has 176 valence electrons. The van der Waals surface area contributed by atoms with Crippen LogP contribution >= 0.6 is 7.26 Å². The molecule has 0 aromatic heterocycles. The molecule has 0 spiro atoms. The van der Waals surface area contributed by atoms with Crippen molar-refractivity contribution >= 4 is 23.2 Å². The van der Waals surface area contributed by atoms with Gasteiger partial charge in [0.25, 0.3) is 0 Å². The monoisotopic (exact) mass is 488 g/mol. The summed E-state index contributed by atoms with van der Waals surface area (Å²) < 4.78 is 6.15. The molecule has 0 fully saturated rings. The van der Waals surface area contributed by atoms with Gasteiger partial charge in [-0.15, -0.1) is 0 Å². The van der Waals surface area contributed by atoms with Gasteiger partial charge in [0.2, 0.25) is 0 Å². The second-order valence-electron chi connectivity index (χ2n) is 9.06. The van der Waals surface area contributed by atoms with E-state index in [-0.39, 0.29) is 18.5 Å². The molecule has 0 radical (unpaired) electrons. The van der Waals surface area contributed by atoms with Gasteiger partial charge < -0.3 is 17.1 Å². The Balaban J connectivity index is 0.00000324. The van der Waals surface area contributed by atoms with E-state index in [1.165, 1.54) is 38.2 Å². The van der Waals surface area contributed by atoms with E-state index in [2.05, 4.69) is 132 Å². The van der Waals surface area contributed by atoms with Crippen LogP contribution in [0.1, 0.15) is 36.1 Å². The number of ether oxygens (including phenoxy) is 1. The summed E-state index contributed by atoms with van der Waals surface area (Å²) in [5.74, 6) is 1.01. The highest BCUT2D eigenvalue weighted by Gasteiger charge is 2.46. The second-order valence-corrected chi connectivity index (χ2v) is 12.5. The average Bonchev–Trinajstić information content (AvgIpc) is 2.84. The molecule has 0 saturated heterocycles. The van der Waals surface area contributed by atoms with Crippen LogP contribution in [0.25, 0.3) is 0 Å². The quantitative estimate of drug-likeness (QED) is 0.359. The topological polar surface area (TPSA) is 9.23 Å². The van der Waals surface area contributed by atoms with Gasteiger partial charge in [0.05, 0.1) is 12.3 Å². The summed E-state index contributed by atoms with van der Waals surface area (Å²) in [7, 11) is -1.93. The highest BCUT2D eigenvalue weighted by atomic mass is 35.5. The third kappa shape index (κ3) is 5.07. The molecule has 34 heavy (non-hydrogen) atoms. The van der Waals surface area contributed by atoms with E-state index in [1.54, 1.807) is 0 Å². The first kappa shape index (κ1) is 26.0. The lowest BCUT2D eigenvalue weighted by atomic mass is 9.98. The van der Waals surface area contributed by atoms with Crippen molar-refractivity contribution < 1.29 is 17.1 Å². The molecular weight excluding hydrogens is 455 g/mol. The summed E-state index contributed by atoms with van der Waals surface area (Å²) in [6.45, 7) is 10.9. The Labute approximate surface area is 212 Å². The van der Waals surface area contributed by atoms with Crippen molar-refractivity contribution in [1.29, 1.82) is 0 Å². The number of hydrogen-bond donors (Lipinski definition) is 0. The lowest BCUT2D eigenvalue weighted by Gasteiger charge is -2.29. The molecule has 4 rings (SSSR count). The van der Waals surface area contributed by atoms with Crippen molar-refractivity contribution in [2.45, 2.75) is 46.9 Å². The van der Waals surface area contributed by atoms with Gasteiger partial charge in [0.1, 0.15) is 28.9 Å². The van der Waals surface area contributed by atoms with Crippen LogP contribution in [-0.4, -0.2) is 6.10 Å². The summed E-state index contributed by atoms with van der Waals surface area (Å²) in [5.41, 5.74) is 5.34. The Hall–Kier alpha value is -2.60. The maximum Gasteiger partial charge on any atom is 0.123 e. The normalized spacial score (nSPS) is 11.2. The zero-order chi connectivity index (χ0) is 23.4. The van der Waals surface area contributed by atoms with Gasteiger partial charge in [-0.05, 0) is 99.3 Å². The van der Waals surface area contributed by atoms with Gasteiger partial charge in [0.15, 0.2) is 0 Å². The molecule has 0 bridgehead atoms. The maximum absolute atomic E-state index is 6.15. The first-order chi connectivity index (χ1) is 15.9. The van der Waals surface area contributed by atoms with Gasteiger partial charge in [0, 0.05) is 0 Å². The van der Waals surface area contributed by atoms with E-state index in [0.29, 0.717) is 0 Å². The SMILES string of the molecule is Cc1cc(OC(C)C)c(C)c(C)c1C[P+](c1ccccc1)(c1ccccc1)c1ccccc1.[Cl-]. The molecule has 1 nitrogen and oxygen atoms in total. The van der Waals surface area contributed by atoms with Gasteiger partial charge in [-0.2, -0.15) is 0 Å². The fourth-order valence-corrected chi connectivity index (χ4v) is 9.17. The maximum atomic E-state index is 6.15. The van der Waals surface area contributed by atoms with Crippen molar-refractivity contribution in [3.05, 3.63) is 119 Å². The van der Waals surface area contributed by atoms with Crippen molar-refractivity contribution in [1.82, 2.24) is 0 Å². The van der Waals surface area contributed by atoms with Gasteiger partial charge >= 0.3 is 0 Å². The summed E-state index contributed by atoms with van der Waals surface area (Å²) in [5, 5.41) is 4.25. The first-order valence-electron chi connectivity index (χ1n) is 11.7. The largest absolute Gasteiger partial charge is 1.00 e. The summed E-state index contributed by atoms with van der Waals surface area (Å²) in [6.07, 6.45) is 1.16. The zero-order valence-electron chi connectivity index (χ0n) is 20.8. The fraction of sp³-hybridized carbons (Fsp3) is 0.226. The van der Waals surface area contributed by atoms with E-state index in [0.717, 1.165) is 11.9 Å². The number of benzene rings is 4. The lowest BCUT2D eigenvalue weighted by molar-refractivity contribution is -0.00000797. The molecular formula is C31H34ClOP. The molecule has 0 unspecified atom stereocenters. The van der Waals surface area contributed by atoms with E-state index in [4.69, 9.17) is 4.74 Å². The average molecular weight is 489 g/mol. The van der Waals surface area contributed by atoms with E-state index >= 15 is 0 Å². The van der Waals surface area contributed by atoms with Crippen LogP contribution < -0.4 is 33.1 Å². The first-order valence-corrected chi connectivity index (χ1v) is 13.7. The summed E-state index contributed by atoms with van der Waals surface area (Å²) >= 11 is 0. The van der Waals surface area contributed by atoms with Crippen molar-refractivity contribution in [2.75, 3.05) is 0 Å².